The van der Waals surface area contributed by atoms with Crippen molar-refractivity contribution in [1.29, 1.82) is 0 Å². The molecule has 0 radical (unpaired) electrons. The van der Waals surface area contributed by atoms with E-state index in [4.69, 9.17) is 5.73 Å². The second-order valence-corrected chi connectivity index (χ2v) is 4.90. The number of nitrogens with two attached hydrogens (primary N) is 1. The average molecular weight is 272 g/mol. The van der Waals surface area contributed by atoms with Crippen LogP contribution in [0, 0.1) is 0 Å². The highest BCUT2D eigenvalue weighted by atomic mass is 19.4. The molecule has 0 spiro atoms. The van der Waals surface area contributed by atoms with Crippen LogP contribution in [0.15, 0.2) is 24.3 Å². The van der Waals surface area contributed by atoms with Gasteiger partial charge in [-0.2, -0.15) is 13.2 Å². The highest BCUT2D eigenvalue weighted by Gasteiger charge is 2.38. The second-order valence-electron chi connectivity index (χ2n) is 4.90. The third-order valence-corrected chi connectivity index (χ3v) is 3.63. The Morgan fingerprint density at radius 3 is 2.42 bits per heavy atom. The van der Waals surface area contributed by atoms with E-state index in [2.05, 4.69) is 4.90 Å². The van der Waals surface area contributed by atoms with Crippen LogP contribution in [-0.2, 0) is 6.18 Å². The van der Waals surface area contributed by atoms with Crippen molar-refractivity contribution in [2.75, 3.05) is 13.1 Å². The lowest BCUT2D eigenvalue weighted by Gasteiger charge is -2.31. The number of alkyl halides is 3. The maximum atomic E-state index is 13.1. The lowest BCUT2D eigenvalue weighted by atomic mass is 9.98. The number of nitrogens with zero attached hydrogens (tertiary/aromatic N) is 1. The zero-order valence-electron chi connectivity index (χ0n) is 11.0. The Bertz CT molecular complexity index is 427. The molecule has 1 aromatic rings. The molecule has 1 saturated carbocycles. The molecule has 0 saturated heterocycles. The van der Waals surface area contributed by atoms with Crippen molar-refractivity contribution in [2.24, 2.45) is 5.73 Å². The van der Waals surface area contributed by atoms with Crippen LogP contribution < -0.4 is 5.73 Å². The Balaban J connectivity index is 2.37. The van der Waals surface area contributed by atoms with Gasteiger partial charge in [0.15, 0.2) is 0 Å². The predicted molar refractivity (Wildman–Crippen MR) is 68.6 cm³/mol. The molecule has 1 unspecified atom stereocenters. The standard InChI is InChI=1S/C14H19F3N2/c1-2-19(10-7-8-10)13(9-18)11-5-3-4-6-12(11)14(15,16)17/h3-6,10,13H,2,7-9,18H2,1H3. The molecule has 106 valence electrons. The molecule has 1 atom stereocenters. The smallest absolute Gasteiger partial charge is 0.329 e. The SMILES string of the molecule is CCN(C1CC1)C(CN)c1ccccc1C(F)(F)F. The fourth-order valence-electron chi connectivity index (χ4n) is 2.63. The summed E-state index contributed by atoms with van der Waals surface area (Å²) in [5, 5.41) is 0. The van der Waals surface area contributed by atoms with E-state index in [-0.39, 0.29) is 12.6 Å². The van der Waals surface area contributed by atoms with Crippen molar-refractivity contribution in [3.63, 3.8) is 0 Å². The normalized spacial score (nSPS) is 17.8. The molecule has 2 rings (SSSR count). The lowest BCUT2D eigenvalue weighted by molar-refractivity contribution is -0.138. The molecule has 0 aromatic heterocycles. The number of rotatable bonds is 5. The zero-order valence-corrected chi connectivity index (χ0v) is 11.0. The summed E-state index contributed by atoms with van der Waals surface area (Å²) >= 11 is 0. The minimum atomic E-state index is -4.33. The number of benzene rings is 1. The summed E-state index contributed by atoms with van der Waals surface area (Å²) in [5.41, 5.74) is 5.48. The summed E-state index contributed by atoms with van der Waals surface area (Å²) in [6.45, 7) is 2.90. The van der Waals surface area contributed by atoms with Crippen LogP contribution in [0.3, 0.4) is 0 Å². The highest BCUT2D eigenvalue weighted by Crippen LogP contribution is 2.39. The molecule has 1 aliphatic rings. The molecular weight excluding hydrogens is 253 g/mol. The lowest BCUT2D eigenvalue weighted by Crippen LogP contribution is -2.36. The van der Waals surface area contributed by atoms with Crippen molar-refractivity contribution in [1.82, 2.24) is 4.90 Å². The van der Waals surface area contributed by atoms with Crippen LogP contribution in [0.1, 0.15) is 36.9 Å². The van der Waals surface area contributed by atoms with Crippen molar-refractivity contribution in [3.8, 4) is 0 Å². The molecule has 1 aliphatic carbocycles. The summed E-state index contributed by atoms with van der Waals surface area (Å²) in [7, 11) is 0. The first-order valence-electron chi connectivity index (χ1n) is 6.61. The van der Waals surface area contributed by atoms with Gasteiger partial charge in [0.25, 0.3) is 0 Å². The van der Waals surface area contributed by atoms with Gasteiger partial charge >= 0.3 is 6.18 Å². The van der Waals surface area contributed by atoms with Gasteiger partial charge in [0, 0.05) is 18.6 Å². The van der Waals surface area contributed by atoms with Crippen LogP contribution in [0.5, 0.6) is 0 Å². The number of hydrogen-bond donors (Lipinski definition) is 1. The van der Waals surface area contributed by atoms with Gasteiger partial charge in [-0.25, -0.2) is 0 Å². The Morgan fingerprint density at radius 2 is 1.95 bits per heavy atom. The average Bonchev–Trinajstić information content (AvgIpc) is 3.19. The van der Waals surface area contributed by atoms with Gasteiger partial charge in [-0.05, 0) is 31.0 Å². The molecule has 0 bridgehead atoms. The molecule has 2 nitrogen and oxygen atoms in total. The fraction of sp³-hybridized carbons (Fsp3) is 0.571. The maximum absolute atomic E-state index is 13.1. The third kappa shape index (κ3) is 3.09. The van der Waals surface area contributed by atoms with Gasteiger partial charge in [0.2, 0.25) is 0 Å². The van der Waals surface area contributed by atoms with Gasteiger partial charge < -0.3 is 5.73 Å². The van der Waals surface area contributed by atoms with E-state index in [0.717, 1.165) is 25.5 Å². The van der Waals surface area contributed by atoms with Gasteiger partial charge in [-0.3, -0.25) is 4.90 Å². The predicted octanol–water partition coefficient (Wildman–Crippen LogP) is 3.19. The van der Waals surface area contributed by atoms with Crippen LogP contribution in [0.2, 0.25) is 0 Å². The molecule has 19 heavy (non-hydrogen) atoms. The van der Waals surface area contributed by atoms with E-state index in [1.807, 2.05) is 6.92 Å². The van der Waals surface area contributed by atoms with Gasteiger partial charge in [-0.15, -0.1) is 0 Å². The molecule has 1 aromatic carbocycles. The molecule has 0 amide bonds. The van der Waals surface area contributed by atoms with Crippen LogP contribution in [0.4, 0.5) is 13.2 Å². The monoisotopic (exact) mass is 272 g/mol. The Kier molecular flexibility index (Phi) is 4.16. The van der Waals surface area contributed by atoms with Crippen LogP contribution in [0.25, 0.3) is 0 Å². The van der Waals surface area contributed by atoms with E-state index in [1.54, 1.807) is 12.1 Å². The highest BCUT2D eigenvalue weighted by molar-refractivity contribution is 5.33. The quantitative estimate of drug-likeness (QED) is 0.892. The van der Waals surface area contributed by atoms with E-state index >= 15 is 0 Å². The largest absolute Gasteiger partial charge is 0.416 e. The summed E-state index contributed by atoms with van der Waals surface area (Å²) in [6.07, 6.45) is -2.22. The summed E-state index contributed by atoms with van der Waals surface area (Å²) in [6, 6.07) is 5.79. The first-order valence-corrected chi connectivity index (χ1v) is 6.61. The molecule has 2 N–H and O–H groups in total. The van der Waals surface area contributed by atoms with E-state index in [1.165, 1.54) is 6.07 Å². The first-order chi connectivity index (χ1) is 8.99. The fourth-order valence-corrected chi connectivity index (χ4v) is 2.63. The maximum Gasteiger partial charge on any atom is 0.416 e. The van der Waals surface area contributed by atoms with Gasteiger partial charge in [-0.1, -0.05) is 25.1 Å². The summed E-state index contributed by atoms with van der Waals surface area (Å²) < 4.78 is 39.2. The van der Waals surface area contributed by atoms with E-state index < -0.39 is 11.7 Å². The summed E-state index contributed by atoms with van der Waals surface area (Å²) in [4.78, 5) is 2.09. The number of halogens is 3. The van der Waals surface area contributed by atoms with Gasteiger partial charge in [0.1, 0.15) is 0 Å². The van der Waals surface area contributed by atoms with Gasteiger partial charge in [0.05, 0.1) is 5.56 Å². The first kappa shape index (κ1) is 14.3. The third-order valence-electron chi connectivity index (χ3n) is 3.63. The minimum Gasteiger partial charge on any atom is -0.329 e. The van der Waals surface area contributed by atoms with Crippen molar-refractivity contribution >= 4 is 0 Å². The van der Waals surface area contributed by atoms with Crippen LogP contribution >= 0.6 is 0 Å². The number of likely N-dealkylation sites (N-methyl/N-ethyl adjacent to an activating group) is 1. The second kappa shape index (κ2) is 5.51. The summed E-state index contributed by atoms with van der Waals surface area (Å²) in [5.74, 6) is 0. The van der Waals surface area contributed by atoms with Crippen molar-refractivity contribution in [2.45, 2.75) is 38.0 Å². The topological polar surface area (TPSA) is 29.3 Å². The molecular formula is C14H19F3N2. The zero-order chi connectivity index (χ0) is 14.0. The Morgan fingerprint density at radius 1 is 1.32 bits per heavy atom. The van der Waals surface area contributed by atoms with Crippen LogP contribution in [-0.4, -0.2) is 24.0 Å². The van der Waals surface area contributed by atoms with E-state index in [9.17, 15) is 13.2 Å². The Hall–Kier alpha value is -1.07. The molecule has 5 heteroatoms. The van der Waals surface area contributed by atoms with E-state index in [0.29, 0.717) is 11.6 Å². The molecule has 0 aliphatic heterocycles. The molecule has 0 heterocycles. The van der Waals surface area contributed by atoms with Crippen molar-refractivity contribution < 1.29 is 13.2 Å². The minimum absolute atomic E-state index is 0.206. The van der Waals surface area contributed by atoms with Crippen molar-refractivity contribution in [3.05, 3.63) is 35.4 Å². The Labute approximate surface area is 111 Å². The number of hydrogen-bond acceptors (Lipinski definition) is 2. The molecule has 1 fully saturated rings.